The maximum atomic E-state index is 12.5. The Morgan fingerprint density at radius 3 is 2.37 bits per heavy atom. The van der Waals surface area contributed by atoms with Gasteiger partial charge < -0.3 is 16.2 Å². The largest absolute Gasteiger partial charge is 0.697 e. The summed E-state index contributed by atoms with van der Waals surface area (Å²) < 4.78 is 42.4. The van der Waals surface area contributed by atoms with Crippen molar-refractivity contribution >= 4 is 23.0 Å². The first-order chi connectivity index (χ1) is 12.1. The van der Waals surface area contributed by atoms with Crippen molar-refractivity contribution in [2.75, 3.05) is 7.11 Å². The number of alkyl halides is 3. The van der Waals surface area contributed by atoms with Crippen molar-refractivity contribution in [3.63, 3.8) is 0 Å². The van der Waals surface area contributed by atoms with E-state index in [1.807, 2.05) is 0 Å². The van der Waals surface area contributed by atoms with Crippen molar-refractivity contribution < 1.29 is 50.6 Å². The Balaban J connectivity index is 0.000000264. The van der Waals surface area contributed by atoms with Crippen molar-refractivity contribution in [1.29, 1.82) is 0 Å². The van der Waals surface area contributed by atoms with Gasteiger partial charge in [0.05, 0.1) is 28.6 Å². The molecule has 10 heteroatoms. The van der Waals surface area contributed by atoms with E-state index >= 15 is 0 Å². The molecule has 1 aliphatic carbocycles. The third-order valence-electron chi connectivity index (χ3n) is 3.77. The SMILES string of the molecule is COCc1c([NH-])cnc(C)c1Cl.[NH-]c1cnc(C2CC2)c(C(F)(F)F)c1.[Y]. The minimum atomic E-state index is -4.39. The van der Waals surface area contributed by atoms with Crippen molar-refractivity contribution in [2.24, 2.45) is 0 Å². The summed E-state index contributed by atoms with van der Waals surface area (Å²) in [4.78, 5) is 7.65. The first-order valence-electron chi connectivity index (χ1n) is 7.78. The molecule has 1 aliphatic rings. The van der Waals surface area contributed by atoms with E-state index in [-0.39, 0.29) is 50.0 Å². The summed E-state index contributed by atoms with van der Waals surface area (Å²) >= 11 is 5.91. The average Bonchev–Trinajstić information content (AvgIpc) is 3.40. The third-order valence-corrected chi connectivity index (χ3v) is 4.27. The molecule has 0 bridgehead atoms. The Morgan fingerprint density at radius 2 is 1.85 bits per heavy atom. The Hall–Kier alpha value is -0.956. The standard InChI is InChI=1S/C9H8F3N2.C8H10ClN2O.Y/c10-9(11,12)7-3-6(13)4-14-8(7)5-1-2-5;1-5-8(9)6(4-12-2)7(10)3-11-5;/h3-5,13H,1-2H2;3,10H,4H2,1-2H3;/q2*-1;. The van der Waals surface area contributed by atoms with Gasteiger partial charge in [-0.25, -0.2) is 0 Å². The number of aromatic nitrogens is 2. The van der Waals surface area contributed by atoms with Crippen LogP contribution in [0.5, 0.6) is 0 Å². The molecule has 0 atom stereocenters. The number of pyridine rings is 2. The molecule has 145 valence electrons. The first-order valence-corrected chi connectivity index (χ1v) is 8.16. The van der Waals surface area contributed by atoms with Gasteiger partial charge in [-0.2, -0.15) is 13.2 Å². The molecular weight excluding hydrogens is 458 g/mol. The maximum absolute atomic E-state index is 12.5. The van der Waals surface area contributed by atoms with Gasteiger partial charge in [-0.1, -0.05) is 17.7 Å². The van der Waals surface area contributed by atoms with Crippen LogP contribution in [0.25, 0.3) is 11.5 Å². The Kier molecular flexibility index (Phi) is 8.92. The van der Waals surface area contributed by atoms with Crippen molar-refractivity contribution in [2.45, 2.75) is 38.5 Å². The number of halogens is 4. The van der Waals surface area contributed by atoms with E-state index in [9.17, 15) is 13.2 Å². The van der Waals surface area contributed by atoms with Gasteiger partial charge in [0.25, 0.3) is 0 Å². The molecule has 27 heavy (non-hydrogen) atoms. The molecule has 3 rings (SSSR count). The Bertz CT molecular complexity index is 786. The topological polar surface area (TPSA) is 82.6 Å². The van der Waals surface area contributed by atoms with Crippen LogP contribution in [0, 0.1) is 6.92 Å². The smallest absolute Gasteiger partial charge is 0.418 e. The third kappa shape index (κ3) is 6.55. The van der Waals surface area contributed by atoms with Gasteiger partial charge in [-0.3, -0.25) is 9.97 Å². The molecule has 2 heterocycles. The van der Waals surface area contributed by atoms with Crippen molar-refractivity contribution in [3.05, 3.63) is 57.5 Å². The van der Waals surface area contributed by atoms with E-state index in [0.29, 0.717) is 22.9 Å². The minimum absolute atomic E-state index is 0. The normalized spacial score (nSPS) is 13.4. The van der Waals surface area contributed by atoms with E-state index in [1.165, 1.54) is 12.4 Å². The van der Waals surface area contributed by atoms with E-state index in [1.54, 1.807) is 14.0 Å². The monoisotopic (exact) mass is 475 g/mol. The van der Waals surface area contributed by atoms with Crippen LogP contribution in [-0.2, 0) is 50.2 Å². The van der Waals surface area contributed by atoms with Crippen LogP contribution in [0.3, 0.4) is 0 Å². The molecule has 2 aromatic rings. The number of rotatable bonds is 3. The van der Waals surface area contributed by atoms with Gasteiger partial charge in [0.15, 0.2) is 0 Å². The molecular formula is C17H18ClF3N4OY-2. The quantitative estimate of drug-likeness (QED) is 0.506. The summed E-state index contributed by atoms with van der Waals surface area (Å²) in [5, 5.41) is 0.532. The van der Waals surface area contributed by atoms with E-state index in [2.05, 4.69) is 9.97 Å². The minimum Gasteiger partial charge on any atom is -0.697 e. The molecule has 0 spiro atoms. The zero-order valence-corrected chi connectivity index (χ0v) is 18.4. The number of ether oxygens (including phenoxy) is 1. The van der Waals surface area contributed by atoms with E-state index in [4.69, 9.17) is 27.8 Å². The molecule has 2 N–H and O–H groups in total. The van der Waals surface area contributed by atoms with Crippen molar-refractivity contribution in [3.8, 4) is 0 Å². The molecule has 0 aliphatic heterocycles. The molecule has 0 amide bonds. The molecule has 0 aromatic carbocycles. The van der Waals surface area contributed by atoms with Crippen LogP contribution in [0.2, 0.25) is 5.02 Å². The van der Waals surface area contributed by atoms with Gasteiger partial charge in [-0.05, 0) is 25.3 Å². The molecule has 0 unspecified atom stereocenters. The Labute approximate surface area is 185 Å². The predicted molar refractivity (Wildman–Crippen MR) is 93.9 cm³/mol. The summed E-state index contributed by atoms with van der Waals surface area (Å²) in [7, 11) is 1.57. The number of methoxy groups -OCH3 is 1. The van der Waals surface area contributed by atoms with Crippen LogP contribution < -0.4 is 0 Å². The Morgan fingerprint density at radius 1 is 1.22 bits per heavy atom. The average molecular weight is 476 g/mol. The summed E-state index contributed by atoms with van der Waals surface area (Å²) in [5.41, 5.74) is 15.5. The maximum Gasteiger partial charge on any atom is 0.418 e. The summed E-state index contributed by atoms with van der Waals surface area (Å²) in [6, 6.07) is 0.848. The molecule has 1 radical (unpaired) electrons. The molecule has 1 saturated carbocycles. The second-order valence-electron chi connectivity index (χ2n) is 5.91. The fourth-order valence-corrected chi connectivity index (χ4v) is 2.51. The van der Waals surface area contributed by atoms with E-state index in [0.717, 1.165) is 24.6 Å². The van der Waals surface area contributed by atoms with Crippen LogP contribution in [0.15, 0.2) is 18.5 Å². The van der Waals surface area contributed by atoms with Gasteiger partial charge in [-0.15, -0.1) is 11.4 Å². The second kappa shape index (κ2) is 10.0. The second-order valence-corrected chi connectivity index (χ2v) is 6.29. The molecule has 5 nitrogen and oxygen atoms in total. The number of nitrogens with one attached hydrogen (secondary N) is 2. The predicted octanol–water partition coefficient (Wildman–Crippen LogP) is 6.53. The molecule has 1 fully saturated rings. The fourth-order valence-electron chi connectivity index (χ4n) is 2.30. The van der Waals surface area contributed by atoms with Crippen molar-refractivity contribution in [1.82, 2.24) is 9.97 Å². The van der Waals surface area contributed by atoms with E-state index < -0.39 is 11.7 Å². The number of aryl methyl sites for hydroxylation is 1. The molecule has 2 aromatic heterocycles. The van der Waals surface area contributed by atoms with Gasteiger partial charge >= 0.3 is 6.18 Å². The zero-order chi connectivity index (χ0) is 19.5. The van der Waals surface area contributed by atoms with Crippen LogP contribution in [0.4, 0.5) is 24.5 Å². The zero-order valence-electron chi connectivity index (χ0n) is 14.8. The summed E-state index contributed by atoms with van der Waals surface area (Å²) in [6.45, 7) is 2.17. The van der Waals surface area contributed by atoms with Gasteiger partial charge in [0.2, 0.25) is 0 Å². The fraction of sp³-hybridized carbons (Fsp3) is 0.412. The molecule has 0 saturated heterocycles. The number of hydrogen-bond acceptors (Lipinski definition) is 3. The van der Waals surface area contributed by atoms with Gasteiger partial charge in [0, 0.05) is 58.1 Å². The van der Waals surface area contributed by atoms with Crippen LogP contribution in [0.1, 0.15) is 41.3 Å². The first kappa shape index (κ1) is 24.1. The van der Waals surface area contributed by atoms with Crippen LogP contribution in [-0.4, -0.2) is 17.1 Å². The number of hydrogen-bond donors (Lipinski definition) is 0. The number of nitrogens with zero attached hydrogens (tertiary/aromatic N) is 2. The van der Waals surface area contributed by atoms with Gasteiger partial charge in [0.1, 0.15) is 0 Å². The summed E-state index contributed by atoms with van der Waals surface area (Å²) in [5.74, 6) is -0.0489. The van der Waals surface area contributed by atoms with Crippen LogP contribution >= 0.6 is 11.6 Å². The summed E-state index contributed by atoms with van der Waals surface area (Å²) in [6.07, 6.45) is -0.193.